The molecule has 10 nitrogen and oxygen atoms in total. The Morgan fingerprint density at radius 1 is 1.06 bits per heavy atom. The van der Waals surface area contributed by atoms with Crippen LogP contribution in [0.15, 0.2) is 78.1 Å². The second-order valence-corrected chi connectivity index (χ2v) is 7.04. The fourth-order valence-corrected chi connectivity index (χ4v) is 3.44. The summed E-state index contributed by atoms with van der Waals surface area (Å²) in [6, 6.07) is 18.7. The maximum Gasteiger partial charge on any atom is 0.269 e. The van der Waals surface area contributed by atoms with Crippen LogP contribution in [0, 0.1) is 0 Å². The largest absolute Gasteiger partial charge is 0.349 e. The number of rotatable bonds is 6. The zero-order chi connectivity index (χ0) is 21.9. The van der Waals surface area contributed by atoms with E-state index in [0.717, 1.165) is 16.3 Å². The van der Waals surface area contributed by atoms with Gasteiger partial charge in [0.25, 0.3) is 11.5 Å². The van der Waals surface area contributed by atoms with Gasteiger partial charge in [-0.15, -0.1) is 5.10 Å². The lowest BCUT2D eigenvalue weighted by Gasteiger charge is -2.07. The molecule has 0 spiro atoms. The fourth-order valence-electron chi connectivity index (χ4n) is 3.44. The normalized spacial score (nSPS) is 11.0. The van der Waals surface area contributed by atoms with Crippen LogP contribution >= 0.6 is 0 Å². The highest BCUT2D eigenvalue weighted by atomic mass is 16.2. The van der Waals surface area contributed by atoms with Crippen LogP contribution in [0.3, 0.4) is 0 Å². The molecule has 0 saturated heterocycles. The van der Waals surface area contributed by atoms with Gasteiger partial charge in [-0.2, -0.15) is 10.2 Å². The van der Waals surface area contributed by atoms with Gasteiger partial charge in [0.05, 0.1) is 12.2 Å². The van der Waals surface area contributed by atoms with Crippen molar-refractivity contribution in [2.45, 2.75) is 6.54 Å². The molecule has 0 fully saturated rings. The van der Waals surface area contributed by atoms with Crippen molar-refractivity contribution in [1.29, 1.82) is 0 Å². The van der Waals surface area contributed by atoms with Gasteiger partial charge < -0.3 is 5.32 Å². The first-order valence-electron chi connectivity index (χ1n) is 9.94. The van der Waals surface area contributed by atoms with Crippen LogP contribution in [0.4, 0.5) is 0 Å². The summed E-state index contributed by atoms with van der Waals surface area (Å²) in [6.07, 6.45) is 2.87. The Balaban J connectivity index is 1.27. The summed E-state index contributed by atoms with van der Waals surface area (Å²) in [5.74, 6) is 0.145. The highest BCUT2D eigenvalue weighted by Crippen LogP contribution is 2.27. The van der Waals surface area contributed by atoms with Crippen LogP contribution in [0.5, 0.6) is 0 Å². The van der Waals surface area contributed by atoms with Gasteiger partial charge in [0, 0.05) is 18.2 Å². The predicted octanol–water partition coefficient (Wildman–Crippen LogP) is 1.80. The van der Waals surface area contributed by atoms with Crippen molar-refractivity contribution < 1.29 is 4.79 Å². The fraction of sp³-hybridized carbons (Fsp3) is 0.0909. The van der Waals surface area contributed by atoms with E-state index in [1.54, 1.807) is 12.1 Å². The molecule has 2 N–H and O–H groups in total. The van der Waals surface area contributed by atoms with E-state index < -0.39 is 0 Å². The monoisotopic (exact) mass is 426 g/mol. The second kappa shape index (κ2) is 8.26. The first-order chi connectivity index (χ1) is 15.7. The Labute approximate surface area is 181 Å². The van der Waals surface area contributed by atoms with Crippen molar-refractivity contribution in [3.05, 3.63) is 89.4 Å². The van der Waals surface area contributed by atoms with Gasteiger partial charge in [0.2, 0.25) is 0 Å². The van der Waals surface area contributed by atoms with E-state index in [9.17, 15) is 9.59 Å². The molecule has 5 rings (SSSR count). The van der Waals surface area contributed by atoms with E-state index in [1.165, 1.54) is 28.1 Å². The Hall–Kier alpha value is -4.60. The molecule has 0 aliphatic heterocycles. The number of aromatic nitrogens is 7. The molecule has 0 atom stereocenters. The van der Waals surface area contributed by atoms with Crippen LogP contribution in [0.1, 0.15) is 10.5 Å². The summed E-state index contributed by atoms with van der Waals surface area (Å²) >= 11 is 0. The highest BCUT2D eigenvalue weighted by Gasteiger charge is 2.13. The van der Waals surface area contributed by atoms with Gasteiger partial charge in [-0.25, -0.2) is 14.3 Å². The van der Waals surface area contributed by atoms with Gasteiger partial charge in [0.1, 0.15) is 18.3 Å². The summed E-state index contributed by atoms with van der Waals surface area (Å²) in [5, 5.41) is 20.3. The third kappa shape index (κ3) is 3.76. The van der Waals surface area contributed by atoms with Crippen LogP contribution in [-0.2, 0) is 6.54 Å². The Kier molecular flexibility index (Phi) is 5.00. The van der Waals surface area contributed by atoms with Crippen molar-refractivity contribution in [3.8, 4) is 17.1 Å². The number of nitrogens with zero attached hydrogens (tertiary/aromatic N) is 6. The van der Waals surface area contributed by atoms with Gasteiger partial charge >= 0.3 is 0 Å². The van der Waals surface area contributed by atoms with E-state index >= 15 is 0 Å². The Morgan fingerprint density at radius 2 is 1.94 bits per heavy atom. The number of carbonyl (C=O) groups is 1. The lowest BCUT2D eigenvalue weighted by molar-refractivity contribution is 0.0946. The minimum Gasteiger partial charge on any atom is -0.349 e. The van der Waals surface area contributed by atoms with Gasteiger partial charge in [-0.05, 0) is 22.9 Å². The number of hydrogen-bond acceptors (Lipinski definition) is 6. The number of hydrogen-bond donors (Lipinski definition) is 2. The van der Waals surface area contributed by atoms with E-state index in [4.69, 9.17) is 0 Å². The maximum absolute atomic E-state index is 12.6. The van der Waals surface area contributed by atoms with Gasteiger partial charge in [-0.1, -0.05) is 42.5 Å². The molecular weight excluding hydrogens is 408 g/mol. The van der Waals surface area contributed by atoms with E-state index in [2.05, 4.69) is 30.7 Å². The van der Waals surface area contributed by atoms with E-state index in [1.807, 2.05) is 42.5 Å². The van der Waals surface area contributed by atoms with Gasteiger partial charge in [-0.3, -0.25) is 14.7 Å². The lowest BCUT2D eigenvalue weighted by Crippen LogP contribution is -2.32. The summed E-state index contributed by atoms with van der Waals surface area (Å²) in [5.41, 5.74) is 1.69. The molecule has 10 heteroatoms. The van der Waals surface area contributed by atoms with E-state index in [0.29, 0.717) is 17.2 Å². The maximum atomic E-state index is 12.6. The molecule has 3 aromatic heterocycles. The van der Waals surface area contributed by atoms with Gasteiger partial charge in [0.15, 0.2) is 5.82 Å². The van der Waals surface area contributed by atoms with Crippen LogP contribution in [0.25, 0.3) is 27.8 Å². The number of amides is 1. The number of aromatic amines is 1. The molecule has 1 amide bonds. The number of carbonyl (C=O) groups excluding carboxylic acids is 1. The average molecular weight is 426 g/mol. The standard InChI is InChI=1S/C22H18N8O2/c31-21-9-8-20(30-14-23-13-25-30)28-29(21)11-10-24-22(32)19-12-18(26-27-19)17-7-3-5-15-4-1-2-6-16(15)17/h1-9,12-14H,10-11H2,(H,24,32)(H,26,27). The summed E-state index contributed by atoms with van der Waals surface area (Å²) in [7, 11) is 0. The minimum absolute atomic E-state index is 0.206. The molecule has 32 heavy (non-hydrogen) atoms. The first-order valence-corrected chi connectivity index (χ1v) is 9.94. The SMILES string of the molecule is O=C(NCCn1nc(-n2cncn2)ccc1=O)c1cc(-c2cccc3ccccc23)n[nH]1. The molecular formula is C22H18N8O2. The van der Waals surface area contributed by atoms with Crippen molar-refractivity contribution in [1.82, 2.24) is 40.1 Å². The predicted molar refractivity (Wildman–Crippen MR) is 117 cm³/mol. The van der Waals surface area contributed by atoms with Crippen molar-refractivity contribution >= 4 is 16.7 Å². The molecule has 0 radical (unpaired) electrons. The molecule has 5 aromatic rings. The van der Waals surface area contributed by atoms with Crippen molar-refractivity contribution in [2.75, 3.05) is 6.54 Å². The average Bonchev–Trinajstić information content (AvgIpc) is 3.53. The van der Waals surface area contributed by atoms with Crippen LogP contribution in [-0.4, -0.2) is 47.2 Å². The molecule has 0 bridgehead atoms. The molecule has 0 aliphatic carbocycles. The summed E-state index contributed by atoms with van der Waals surface area (Å²) < 4.78 is 2.72. The van der Waals surface area contributed by atoms with Crippen molar-refractivity contribution in [2.24, 2.45) is 0 Å². The first kappa shape index (κ1) is 19.4. The molecule has 158 valence electrons. The van der Waals surface area contributed by atoms with Crippen LogP contribution < -0.4 is 10.9 Å². The smallest absolute Gasteiger partial charge is 0.269 e. The van der Waals surface area contributed by atoms with Crippen molar-refractivity contribution in [3.63, 3.8) is 0 Å². The third-order valence-corrected chi connectivity index (χ3v) is 5.00. The Morgan fingerprint density at radius 3 is 2.81 bits per heavy atom. The quantitative estimate of drug-likeness (QED) is 0.427. The zero-order valence-electron chi connectivity index (χ0n) is 16.8. The zero-order valence-corrected chi connectivity index (χ0v) is 16.8. The third-order valence-electron chi connectivity index (χ3n) is 5.00. The van der Waals surface area contributed by atoms with E-state index in [-0.39, 0.29) is 24.6 Å². The topological polar surface area (TPSA) is 123 Å². The second-order valence-electron chi connectivity index (χ2n) is 7.04. The number of benzene rings is 2. The molecule has 0 aliphatic rings. The highest BCUT2D eigenvalue weighted by molar-refractivity contribution is 5.98. The number of nitrogens with one attached hydrogen (secondary N) is 2. The molecule has 0 unspecified atom stereocenters. The molecule has 3 heterocycles. The Bertz CT molecular complexity index is 1450. The number of fused-ring (bicyclic) bond motifs is 1. The summed E-state index contributed by atoms with van der Waals surface area (Å²) in [6.45, 7) is 0.423. The number of H-pyrrole nitrogens is 1. The minimum atomic E-state index is -0.315. The summed E-state index contributed by atoms with van der Waals surface area (Å²) in [4.78, 5) is 28.5. The lowest BCUT2D eigenvalue weighted by atomic mass is 10.0. The van der Waals surface area contributed by atoms with Crippen LogP contribution in [0.2, 0.25) is 0 Å². The molecule has 0 saturated carbocycles. The molecule has 2 aromatic carbocycles.